The molecule has 0 bridgehead atoms. The standard InChI is InChI=1S/C20H22O4/c1-16(10-12-23-19-6-2-17(14-21)3-7-19)11-13-24-20-8-4-18(15-22)5-9-20/h2-9,14-16H,10-13H2,1H3. The van der Waals surface area contributed by atoms with E-state index in [9.17, 15) is 9.59 Å². The highest BCUT2D eigenvalue weighted by Gasteiger charge is 2.04. The molecule has 0 saturated heterocycles. The molecule has 0 spiro atoms. The Balaban J connectivity index is 1.62. The van der Waals surface area contributed by atoms with Gasteiger partial charge in [-0.25, -0.2) is 0 Å². The zero-order valence-electron chi connectivity index (χ0n) is 13.8. The lowest BCUT2D eigenvalue weighted by atomic mass is 10.1. The summed E-state index contributed by atoms with van der Waals surface area (Å²) >= 11 is 0. The van der Waals surface area contributed by atoms with Crippen LogP contribution in [-0.4, -0.2) is 25.8 Å². The van der Waals surface area contributed by atoms with Crippen LogP contribution in [0.15, 0.2) is 48.5 Å². The number of carbonyl (C=O) groups is 2. The Hall–Kier alpha value is -2.62. The van der Waals surface area contributed by atoms with Gasteiger partial charge in [0.05, 0.1) is 13.2 Å². The smallest absolute Gasteiger partial charge is 0.150 e. The Labute approximate surface area is 142 Å². The van der Waals surface area contributed by atoms with Crippen molar-refractivity contribution in [3.8, 4) is 11.5 Å². The van der Waals surface area contributed by atoms with E-state index >= 15 is 0 Å². The highest BCUT2D eigenvalue weighted by Crippen LogP contribution is 2.15. The van der Waals surface area contributed by atoms with Crippen LogP contribution in [0.1, 0.15) is 40.5 Å². The summed E-state index contributed by atoms with van der Waals surface area (Å²) < 4.78 is 11.4. The quantitative estimate of drug-likeness (QED) is 0.614. The van der Waals surface area contributed by atoms with E-state index in [2.05, 4.69) is 6.92 Å². The van der Waals surface area contributed by atoms with Gasteiger partial charge in [0, 0.05) is 11.1 Å². The van der Waals surface area contributed by atoms with Crippen molar-refractivity contribution in [2.45, 2.75) is 19.8 Å². The lowest BCUT2D eigenvalue weighted by Crippen LogP contribution is -2.08. The van der Waals surface area contributed by atoms with Gasteiger partial charge >= 0.3 is 0 Å². The second-order valence-electron chi connectivity index (χ2n) is 5.75. The van der Waals surface area contributed by atoms with E-state index in [0.29, 0.717) is 30.3 Å². The molecule has 24 heavy (non-hydrogen) atoms. The molecule has 0 fully saturated rings. The molecule has 0 amide bonds. The van der Waals surface area contributed by atoms with Crippen molar-refractivity contribution in [3.63, 3.8) is 0 Å². The van der Waals surface area contributed by atoms with E-state index in [1.54, 1.807) is 48.5 Å². The molecule has 2 rings (SSSR count). The minimum atomic E-state index is 0.480. The van der Waals surface area contributed by atoms with E-state index < -0.39 is 0 Å². The molecular weight excluding hydrogens is 304 g/mol. The monoisotopic (exact) mass is 326 g/mol. The summed E-state index contributed by atoms with van der Waals surface area (Å²) in [6.07, 6.45) is 3.50. The van der Waals surface area contributed by atoms with Crippen LogP contribution >= 0.6 is 0 Å². The summed E-state index contributed by atoms with van der Waals surface area (Å²) in [5.74, 6) is 2.03. The SMILES string of the molecule is CC(CCOc1ccc(C=O)cc1)CCOc1ccc(C=O)cc1. The zero-order chi connectivity index (χ0) is 17.2. The molecule has 0 aliphatic heterocycles. The minimum absolute atomic E-state index is 0.480. The van der Waals surface area contributed by atoms with Crippen LogP contribution in [0, 0.1) is 5.92 Å². The van der Waals surface area contributed by atoms with E-state index in [1.165, 1.54) is 0 Å². The van der Waals surface area contributed by atoms with E-state index in [-0.39, 0.29) is 0 Å². The average Bonchev–Trinajstić information content (AvgIpc) is 2.63. The molecule has 4 heteroatoms. The van der Waals surface area contributed by atoms with Crippen molar-refractivity contribution in [2.24, 2.45) is 5.92 Å². The number of hydrogen-bond donors (Lipinski definition) is 0. The number of aldehydes is 2. The number of carbonyl (C=O) groups excluding carboxylic acids is 2. The van der Waals surface area contributed by atoms with Gasteiger partial charge < -0.3 is 9.47 Å². The van der Waals surface area contributed by atoms with Gasteiger partial charge in [0.2, 0.25) is 0 Å². The average molecular weight is 326 g/mol. The molecule has 0 atom stereocenters. The Morgan fingerprint density at radius 1 is 0.750 bits per heavy atom. The van der Waals surface area contributed by atoms with Crippen LogP contribution < -0.4 is 9.47 Å². The van der Waals surface area contributed by atoms with Crippen LogP contribution in [0.3, 0.4) is 0 Å². The Morgan fingerprint density at radius 2 is 1.12 bits per heavy atom. The van der Waals surface area contributed by atoms with Gasteiger partial charge in [0.25, 0.3) is 0 Å². The highest BCUT2D eigenvalue weighted by molar-refractivity contribution is 5.75. The maximum absolute atomic E-state index is 10.6. The second-order valence-corrected chi connectivity index (χ2v) is 5.75. The zero-order valence-corrected chi connectivity index (χ0v) is 13.8. The van der Waals surface area contributed by atoms with Gasteiger partial charge in [0.1, 0.15) is 24.1 Å². The summed E-state index contributed by atoms with van der Waals surface area (Å²) in [6, 6.07) is 14.2. The second kappa shape index (κ2) is 9.50. The number of ether oxygens (including phenoxy) is 2. The maximum atomic E-state index is 10.6. The molecule has 2 aromatic rings. The Kier molecular flexibility index (Phi) is 7.02. The van der Waals surface area contributed by atoms with Gasteiger partial charge in [-0.3, -0.25) is 9.59 Å². The molecule has 0 aromatic heterocycles. The summed E-state index contributed by atoms with van der Waals surface area (Å²) in [5, 5.41) is 0. The summed E-state index contributed by atoms with van der Waals surface area (Å²) in [5.41, 5.74) is 1.29. The van der Waals surface area contributed by atoms with Crippen molar-refractivity contribution in [2.75, 3.05) is 13.2 Å². The van der Waals surface area contributed by atoms with Crippen molar-refractivity contribution in [3.05, 3.63) is 59.7 Å². The largest absolute Gasteiger partial charge is 0.494 e. The van der Waals surface area contributed by atoms with Gasteiger partial charge in [-0.15, -0.1) is 0 Å². The Morgan fingerprint density at radius 3 is 1.46 bits per heavy atom. The first-order valence-corrected chi connectivity index (χ1v) is 8.07. The number of hydrogen-bond acceptors (Lipinski definition) is 4. The lowest BCUT2D eigenvalue weighted by Gasteiger charge is -2.13. The summed E-state index contributed by atoms with van der Waals surface area (Å²) in [6.45, 7) is 3.43. The van der Waals surface area contributed by atoms with Crippen LogP contribution in [0.25, 0.3) is 0 Å². The molecule has 0 aliphatic carbocycles. The van der Waals surface area contributed by atoms with Gasteiger partial charge in [-0.1, -0.05) is 6.92 Å². The lowest BCUT2D eigenvalue weighted by molar-refractivity contribution is 0.111. The van der Waals surface area contributed by atoms with E-state index in [1.807, 2.05) is 0 Å². The molecule has 0 heterocycles. The van der Waals surface area contributed by atoms with Gasteiger partial charge in [-0.05, 0) is 67.3 Å². The molecule has 0 radical (unpaired) electrons. The molecule has 0 N–H and O–H groups in total. The summed E-state index contributed by atoms with van der Waals surface area (Å²) in [7, 11) is 0. The fourth-order valence-electron chi connectivity index (χ4n) is 2.19. The van der Waals surface area contributed by atoms with Gasteiger partial charge in [-0.2, -0.15) is 0 Å². The van der Waals surface area contributed by atoms with Crippen LogP contribution in [0.2, 0.25) is 0 Å². The molecule has 126 valence electrons. The molecular formula is C20H22O4. The Bertz CT molecular complexity index is 574. The normalized spacial score (nSPS) is 10.4. The maximum Gasteiger partial charge on any atom is 0.150 e. The molecule has 0 saturated carbocycles. The van der Waals surface area contributed by atoms with Gasteiger partial charge in [0.15, 0.2) is 0 Å². The fourth-order valence-corrected chi connectivity index (χ4v) is 2.19. The van der Waals surface area contributed by atoms with E-state index in [4.69, 9.17) is 9.47 Å². The summed E-state index contributed by atoms with van der Waals surface area (Å²) in [4.78, 5) is 21.2. The van der Waals surface area contributed by atoms with Crippen LogP contribution in [0.4, 0.5) is 0 Å². The molecule has 0 unspecified atom stereocenters. The van der Waals surface area contributed by atoms with Crippen LogP contribution in [-0.2, 0) is 0 Å². The van der Waals surface area contributed by atoms with Crippen molar-refractivity contribution in [1.29, 1.82) is 0 Å². The first-order chi connectivity index (χ1) is 11.7. The number of benzene rings is 2. The molecule has 0 aliphatic rings. The predicted molar refractivity (Wildman–Crippen MR) is 93.0 cm³/mol. The molecule has 2 aromatic carbocycles. The van der Waals surface area contributed by atoms with Crippen LogP contribution in [0.5, 0.6) is 11.5 Å². The predicted octanol–water partition coefficient (Wildman–Crippen LogP) is 4.19. The third kappa shape index (κ3) is 5.88. The van der Waals surface area contributed by atoms with Crippen molar-refractivity contribution < 1.29 is 19.1 Å². The first kappa shape index (κ1) is 17.7. The minimum Gasteiger partial charge on any atom is -0.494 e. The highest BCUT2D eigenvalue weighted by atomic mass is 16.5. The fraction of sp³-hybridized carbons (Fsp3) is 0.300. The third-order valence-corrected chi connectivity index (χ3v) is 3.79. The third-order valence-electron chi connectivity index (χ3n) is 3.79. The van der Waals surface area contributed by atoms with Crippen molar-refractivity contribution >= 4 is 12.6 Å². The molecule has 4 nitrogen and oxygen atoms in total. The topological polar surface area (TPSA) is 52.6 Å². The first-order valence-electron chi connectivity index (χ1n) is 8.07. The van der Waals surface area contributed by atoms with E-state index in [0.717, 1.165) is 36.9 Å². The van der Waals surface area contributed by atoms with Crippen molar-refractivity contribution in [1.82, 2.24) is 0 Å². The number of rotatable bonds is 10.